The third-order valence-electron chi connectivity index (χ3n) is 6.80. The summed E-state index contributed by atoms with van der Waals surface area (Å²) < 4.78 is 12.3. The number of hydrogen-bond donors (Lipinski definition) is 1. The van der Waals surface area contributed by atoms with E-state index < -0.39 is 22.8 Å². The summed E-state index contributed by atoms with van der Waals surface area (Å²) >= 11 is 0. The number of allylic oxidation sites excluding steroid dienone is 1. The number of nitro benzene ring substituents is 1. The van der Waals surface area contributed by atoms with Crippen molar-refractivity contribution in [2.24, 2.45) is 0 Å². The molecule has 10 nitrogen and oxygen atoms in total. The summed E-state index contributed by atoms with van der Waals surface area (Å²) in [5.41, 5.74) is 1.76. The number of barbiturate groups is 1. The number of nitrogens with one attached hydrogen (secondary N) is 1. The molecule has 0 spiro atoms. The summed E-state index contributed by atoms with van der Waals surface area (Å²) in [4.78, 5) is 50.0. The minimum absolute atomic E-state index is 0.0750. The Bertz CT molecular complexity index is 1790. The molecular weight excluding hydrogens is 550 g/mol. The molecular formula is C33H27N3O7. The second kappa shape index (κ2) is 12.4. The Hall–Kier alpha value is -5.77. The zero-order valence-electron chi connectivity index (χ0n) is 23.2. The van der Waals surface area contributed by atoms with E-state index in [0.29, 0.717) is 30.1 Å². The number of carbonyl (C=O) groups excluding carboxylic acids is 3. The Kier molecular flexibility index (Phi) is 8.29. The zero-order valence-corrected chi connectivity index (χ0v) is 23.2. The second-order valence-electron chi connectivity index (χ2n) is 9.59. The molecule has 0 aliphatic carbocycles. The van der Waals surface area contributed by atoms with Crippen molar-refractivity contribution < 1.29 is 28.8 Å². The van der Waals surface area contributed by atoms with Crippen LogP contribution in [0.25, 0.3) is 16.8 Å². The smallest absolute Gasteiger partial charge is 0.335 e. The van der Waals surface area contributed by atoms with E-state index >= 15 is 0 Å². The van der Waals surface area contributed by atoms with E-state index in [0.717, 1.165) is 26.8 Å². The number of anilines is 1. The molecule has 1 heterocycles. The van der Waals surface area contributed by atoms with Crippen molar-refractivity contribution in [1.82, 2.24) is 5.32 Å². The van der Waals surface area contributed by atoms with Crippen LogP contribution in [0.3, 0.4) is 0 Å². The maximum Gasteiger partial charge on any atom is 0.335 e. The fourth-order valence-corrected chi connectivity index (χ4v) is 4.85. The molecule has 0 saturated carbocycles. The van der Waals surface area contributed by atoms with Gasteiger partial charge in [0.1, 0.15) is 12.2 Å². The molecule has 1 fully saturated rings. The maximum atomic E-state index is 13.4. The van der Waals surface area contributed by atoms with Crippen LogP contribution in [0, 0.1) is 10.1 Å². The van der Waals surface area contributed by atoms with Gasteiger partial charge in [0.15, 0.2) is 11.5 Å². The number of nitrogens with zero attached hydrogens (tertiary/aromatic N) is 2. The highest BCUT2D eigenvalue weighted by Gasteiger charge is 2.37. The number of benzene rings is 4. The van der Waals surface area contributed by atoms with Crippen molar-refractivity contribution in [2.75, 3.05) is 11.5 Å². The summed E-state index contributed by atoms with van der Waals surface area (Å²) in [5, 5.41) is 15.4. The number of urea groups is 1. The molecule has 1 N–H and O–H groups in total. The lowest BCUT2D eigenvalue weighted by Crippen LogP contribution is -2.54. The summed E-state index contributed by atoms with van der Waals surface area (Å²) in [6, 6.07) is 21.4. The minimum atomic E-state index is -0.958. The van der Waals surface area contributed by atoms with Crippen LogP contribution in [0.5, 0.6) is 11.5 Å². The van der Waals surface area contributed by atoms with E-state index in [9.17, 15) is 24.5 Å². The van der Waals surface area contributed by atoms with Crippen molar-refractivity contribution in [3.8, 4) is 11.5 Å². The number of ether oxygens (including phenoxy) is 2. The lowest BCUT2D eigenvalue weighted by Gasteiger charge is -2.26. The van der Waals surface area contributed by atoms with Gasteiger partial charge in [-0.05, 0) is 65.6 Å². The van der Waals surface area contributed by atoms with Gasteiger partial charge in [0.25, 0.3) is 17.5 Å². The van der Waals surface area contributed by atoms with Crippen LogP contribution >= 0.6 is 0 Å². The molecule has 0 radical (unpaired) electrons. The summed E-state index contributed by atoms with van der Waals surface area (Å²) in [7, 11) is 0. The topological polar surface area (TPSA) is 128 Å². The minimum Gasteiger partial charge on any atom is -0.490 e. The highest BCUT2D eigenvalue weighted by atomic mass is 16.6. The van der Waals surface area contributed by atoms with Crippen molar-refractivity contribution >= 4 is 46.1 Å². The lowest BCUT2D eigenvalue weighted by atomic mass is 10.0. The largest absolute Gasteiger partial charge is 0.490 e. The molecule has 5 rings (SSSR count). The maximum absolute atomic E-state index is 13.4. The van der Waals surface area contributed by atoms with Crippen LogP contribution in [0.4, 0.5) is 16.2 Å². The molecule has 216 valence electrons. The van der Waals surface area contributed by atoms with Crippen LogP contribution in [0.15, 0.2) is 97.1 Å². The van der Waals surface area contributed by atoms with Crippen molar-refractivity contribution in [2.45, 2.75) is 20.0 Å². The molecule has 4 amide bonds. The average Bonchev–Trinajstić information content (AvgIpc) is 2.99. The molecule has 1 aliphatic heterocycles. The van der Waals surface area contributed by atoms with Crippen LogP contribution < -0.4 is 19.7 Å². The van der Waals surface area contributed by atoms with E-state index in [4.69, 9.17) is 9.47 Å². The van der Waals surface area contributed by atoms with Crippen LogP contribution in [-0.2, 0) is 22.6 Å². The molecule has 0 unspecified atom stereocenters. The van der Waals surface area contributed by atoms with Crippen LogP contribution in [0.2, 0.25) is 0 Å². The lowest BCUT2D eigenvalue weighted by molar-refractivity contribution is -0.384. The SMILES string of the molecule is C=CCc1cc(/C=C2\C(=O)NC(=O)N(c3ccc([N+](=O)[O-])cc3)C2=O)cc(OCC)c1OCc1cccc2ccccc12. The molecule has 1 saturated heterocycles. The van der Waals surface area contributed by atoms with Crippen molar-refractivity contribution in [3.63, 3.8) is 0 Å². The Balaban J connectivity index is 1.50. The molecule has 4 aromatic carbocycles. The van der Waals surface area contributed by atoms with Crippen LogP contribution in [-0.4, -0.2) is 29.4 Å². The quantitative estimate of drug-likeness (QED) is 0.0791. The Morgan fingerprint density at radius 3 is 2.42 bits per heavy atom. The van der Waals surface area contributed by atoms with E-state index in [1.54, 1.807) is 18.2 Å². The first-order valence-corrected chi connectivity index (χ1v) is 13.5. The highest BCUT2D eigenvalue weighted by Crippen LogP contribution is 2.36. The van der Waals surface area contributed by atoms with E-state index in [-0.39, 0.29) is 23.6 Å². The van der Waals surface area contributed by atoms with Gasteiger partial charge in [0.05, 0.1) is 17.2 Å². The molecule has 4 aromatic rings. The molecule has 1 aliphatic rings. The predicted octanol–water partition coefficient (Wildman–Crippen LogP) is 6.12. The van der Waals surface area contributed by atoms with Gasteiger partial charge < -0.3 is 9.47 Å². The molecule has 0 atom stereocenters. The summed E-state index contributed by atoms with van der Waals surface area (Å²) in [6.07, 6.45) is 3.49. The first-order valence-electron chi connectivity index (χ1n) is 13.5. The summed E-state index contributed by atoms with van der Waals surface area (Å²) in [5.74, 6) is -0.811. The van der Waals surface area contributed by atoms with Gasteiger partial charge in [-0.3, -0.25) is 25.0 Å². The number of hydrogen-bond acceptors (Lipinski definition) is 7. The number of carbonyl (C=O) groups is 3. The molecule has 43 heavy (non-hydrogen) atoms. The van der Waals surface area contributed by atoms with Crippen molar-refractivity contribution in [3.05, 3.63) is 124 Å². The number of amides is 4. The second-order valence-corrected chi connectivity index (χ2v) is 9.59. The van der Waals surface area contributed by atoms with Crippen LogP contribution in [0.1, 0.15) is 23.6 Å². The molecule has 10 heteroatoms. The molecule has 0 bridgehead atoms. The fraction of sp³-hybridized carbons (Fsp3) is 0.121. The Morgan fingerprint density at radius 2 is 1.70 bits per heavy atom. The monoisotopic (exact) mass is 577 g/mol. The third-order valence-corrected chi connectivity index (χ3v) is 6.80. The van der Waals surface area contributed by atoms with Crippen molar-refractivity contribution in [1.29, 1.82) is 0 Å². The van der Waals surface area contributed by atoms with Gasteiger partial charge in [0.2, 0.25) is 0 Å². The van der Waals surface area contributed by atoms with Gasteiger partial charge in [0, 0.05) is 17.7 Å². The third kappa shape index (κ3) is 5.98. The van der Waals surface area contributed by atoms with E-state index in [2.05, 4.69) is 11.9 Å². The number of non-ortho nitro benzene ring substituents is 1. The van der Waals surface area contributed by atoms with Gasteiger partial charge >= 0.3 is 6.03 Å². The van der Waals surface area contributed by atoms with Gasteiger partial charge in [-0.1, -0.05) is 48.5 Å². The standard InChI is InChI=1S/C33H27N3O7/c1-3-8-23-17-21(18-28-31(37)34-33(39)35(32(28)38)25-13-15-26(16-14-25)36(40)41)19-29(42-4-2)30(23)43-20-24-11-7-10-22-9-5-6-12-27(22)24/h3,5-7,9-19H,1,4,8,20H2,2H3,(H,34,37,39)/b28-18+. The summed E-state index contributed by atoms with van der Waals surface area (Å²) in [6.45, 7) is 6.30. The number of imide groups is 2. The Labute approximate surface area is 247 Å². The predicted molar refractivity (Wildman–Crippen MR) is 162 cm³/mol. The van der Waals surface area contributed by atoms with E-state index in [1.807, 2.05) is 49.4 Å². The number of rotatable bonds is 10. The first kappa shape index (κ1) is 28.7. The average molecular weight is 578 g/mol. The molecule has 0 aromatic heterocycles. The van der Waals surface area contributed by atoms with Gasteiger partial charge in [-0.15, -0.1) is 6.58 Å². The number of fused-ring (bicyclic) bond motifs is 1. The Morgan fingerprint density at radius 1 is 0.953 bits per heavy atom. The highest BCUT2D eigenvalue weighted by molar-refractivity contribution is 6.39. The van der Waals surface area contributed by atoms with Gasteiger partial charge in [-0.25, -0.2) is 9.69 Å². The normalized spacial score (nSPS) is 14.1. The fourth-order valence-electron chi connectivity index (χ4n) is 4.85. The van der Waals surface area contributed by atoms with Gasteiger partial charge in [-0.2, -0.15) is 0 Å². The van der Waals surface area contributed by atoms with E-state index in [1.165, 1.54) is 30.3 Å². The number of nitro groups is 1. The first-order chi connectivity index (χ1) is 20.8. The zero-order chi connectivity index (χ0) is 30.5.